The zero-order valence-corrected chi connectivity index (χ0v) is 8.55. The zero-order chi connectivity index (χ0) is 10.6. The van der Waals surface area contributed by atoms with Crippen LogP contribution in [0, 0.1) is 6.92 Å². The van der Waals surface area contributed by atoms with Crippen LogP contribution in [-0.2, 0) is 10.5 Å². The van der Waals surface area contributed by atoms with Crippen LogP contribution in [0.4, 0.5) is 4.39 Å². The van der Waals surface area contributed by atoms with Gasteiger partial charge in [-0.3, -0.25) is 0 Å². The maximum atomic E-state index is 12.7. The molecule has 0 aliphatic rings. The molecule has 0 saturated carbocycles. The van der Waals surface area contributed by atoms with Crippen LogP contribution in [0.15, 0.2) is 24.3 Å². The molecule has 0 heterocycles. The molecule has 0 fully saturated rings. The largest absolute Gasteiger partial charge is 0.478 e. The Balaban J connectivity index is 2.49. The van der Waals surface area contributed by atoms with Crippen molar-refractivity contribution < 1.29 is 14.3 Å². The molecule has 4 heteroatoms. The quantitative estimate of drug-likeness (QED) is 0.837. The van der Waals surface area contributed by atoms with Crippen molar-refractivity contribution in [3.63, 3.8) is 0 Å². The van der Waals surface area contributed by atoms with E-state index in [2.05, 4.69) is 0 Å². The van der Waals surface area contributed by atoms with Crippen molar-refractivity contribution in [3.8, 4) is 0 Å². The Hall–Kier alpha value is -1.03. The van der Waals surface area contributed by atoms with Crippen LogP contribution >= 0.6 is 11.8 Å². The van der Waals surface area contributed by atoms with Crippen molar-refractivity contribution in [2.45, 2.75) is 18.2 Å². The van der Waals surface area contributed by atoms with E-state index in [4.69, 9.17) is 5.11 Å². The highest BCUT2D eigenvalue weighted by atomic mass is 32.2. The first-order valence-electron chi connectivity index (χ1n) is 4.13. The molecule has 14 heavy (non-hydrogen) atoms. The number of carboxylic acid groups (broad SMARTS) is 1. The third-order valence-corrected chi connectivity index (χ3v) is 2.67. The lowest BCUT2D eigenvalue weighted by atomic mass is 10.2. The number of alkyl halides is 1. The van der Waals surface area contributed by atoms with E-state index >= 15 is 0 Å². The molecule has 1 N–H and O–H groups in total. The minimum atomic E-state index is -1.84. The maximum absolute atomic E-state index is 12.7. The summed E-state index contributed by atoms with van der Waals surface area (Å²) in [5.41, 5.74) is 0.197. The van der Waals surface area contributed by atoms with Gasteiger partial charge in [0.15, 0.2) is 0 Å². The van der Waals surface area contributed by atoms with Gasteiger partial charge in [-0.1, -0.05) is 29.8 Å². The van der Waals surface area contributed by atoms with E-state index in [1.165, 1.54) is 0 Å². The molecule has 76 valence electrons. The second-order valence-corrected chi connectivity index (χ2v) is 3.99. The normalized spacial score (nSPS) is 12.4. The van der Waals surface area contributed by atoms with Crippen LogP contribution in [-0.4, -0.2) is 16.6 Å². The van der Waals surface area contributed by atoms with E-state index in [-0.39, 0.29) is 0 Å². The van der Waals surface area contributed by atoms with E-state index in [1.54, 1.807) is 0 Å². The molecule has 2 nitrogen and oxygen atoms in total. The highest BCUT2D eigenvalue weighted by molar-refractivity contribution is 7.99. The fourth-order valence-corrected chi connectivity index (χ4v) is 1.70. The number of hydrogen-bond acceptors (Lipinski definition) is 2. The number of thioether (sulfide) groups is 1. The number of rotatable bonds is 4. The minimum Gasteiger partial charge on any atom is -0.478 e. The number of halogens is 1. The van der Waals surface area contributed by atoms with E-state index < -0.39 is 11.5 Å². The van der Waals surface area contributed by atoms with Crippen molar-refractivity contribution >= 4 is 17.7 Å². The molecular weight excluding hydrogens is 203 g/mol. The lowest BCUT2D eigenvalue weighted by Crippen LogP contribution is -2.09. The lowest BCUT2D eigenvalue weighted by Gasteiger charge is -2.03. The summed E-state index contributed by atoms with van der Waals surface area (Å²) in [6.07, 6.45) is 0. The van der Waals surface area contributed by atoms with Gasteiger partial charge in [0, 0.05) is 5.75 Å². The molecule has 1 aromatic carbocycles. The van der Waals surface area contributed by atoms with Crippen molar-refractivity contribution in [1.82, 2.24) is 0 Å². The molecular formula is C10H11FO2S. The maximum Gasteiger partial charge on any atom is 0.348 e. The Bertz CT molecular complexity index is 328. The van der Waals surface area contributed by atoms with Crippen LogP contribution in [0.25, 0.3) is 0 Å². The first-order valence-corrected chi connectivity index (χ1v) is 5.18. The average Bonchev–Trinajstić information content (AvgIpc) is 2.14. The summed E-state index contributed by atoms with van der Waals surface area (Å²) < 4.78 is 12.7. The molecule has 1 rings (SSSR count). The van der Waals surface area contributed by atoms with E-state index in [0.717, 1.165) is 22.9 Å². The summed E-state index contributed by atoms with van der Waals surface area (Å²) in [5, 5.41) is 8.32. The zero-order valence-electron chi connectivity index (χ0n) is 7.74. The van der Waals surface area contributed by atoms with Gasteiger partial charge in [0.2, 0.25) is 5.50 Å². The fourth-order valence-electron chi connectivity index (χ4n) is 1.04. The molecule has 1 unspecified atom stereocenters. The first kappa shape index (κ1) is 11.0. The molecule has 0 bridgehead atoms. The van der Waals surface area contributed by atoms with Gasteiger partial charge in [0.05, 0.1) is 0 Å². The van der Waals surface area contributed by atoms with Gasteiger partial charge in [-0.05, 0) is 12.5 Å². The number of carbonyl (C=O) groups is 1. The monoisotopic (exact) mass is 214 g/mol. The fraction of sp³-hybridized carbons (Fsp3) is 0.300. The SMILES string of the molecule is Cc1cccc(CSC(F)C(=O)O)c1. The number of aryl methyl sites for hydroxylation is 1. The highest BCUT2D eigenvalue weighted by Crippen LogP contribution is 2.19. The van der Waals surface area contributed by atoms with Crippen molar-refractivity contribution in [3.05, 3.63) is 35.4 Å². The van der Waals surface area contributed by atoms with Gasteiger partial charge in [0.25, 0.3) is 0 Å². The molecule has 0 amide bonds. The molecule has 0 radical (unpaired) electrons. The molecule has 0 aliphatic carbocycles. The third kappa shape index (κ3) is 3.38. The van der Waals surface area contributed by atoms with E-state index in [9.17, 15) is 9.18 Å². The topological polar surface area (TPSA) is 37.3 Å². The lowest BCUT2D eigenvalue weighted by molar-refractivity contribution is -0.139. The number of carboxylic acids is 1. The Morgan fingerprint density at radius 3 is 2.93 bits per heavy atom. The number of benzene rings is 1. The second-order valence-electron chi connectivity index (χ2n) is 2.95. The predicted octanol–water partition coefficient (Wildman–Crippen LogP) is 2.61. The number of aliphatic carboxylic acids is 1. The second kappa shape index (κ2) is 5.00. The van der Waals surface area contributed by atoms with Crippen molar-refractivity contribution in [1.29, 1.82) is 0 Å². The Morgan fingerprint density at radius 2 is 2.36 bits per heavy atom. The van der Waals surface area contributed by atoms with Crippen molar-refractivity contribution in [2.24, 2.45) is 0 Å². The van der Waals surface area contributed by atoms with Gasteiger partial charge >= 0.3 is 5.97 Å². The van der Waals surface area contributed by atoms with Crippen LogP contribution < -0.4 is 0 Å². The van der Waals surface area contributed by atoms with Crippen molar-refractivity contribution in [2.75, 3.05) is 0 Å². The smallest absolute Gasteiger partial charge is 0.348 e. The summed E-state index contributed by atoms with van der Waals surface area (Å²) >= 11 is 0.780. The van der Waals surface area contributed by atoms with Gasteiger partial charge < -0.3 is 5.11 Å². The van der Waals surface area contributed by atoms with Crippen LogP contribution in [0.5, 0.6) is 0 Å². The summed E-state index contributed by atoms with van der Waals surface area (Å²) in [7, 11) is 0. The molecule has 0 aliphatic heterocycles. The summed E-state index contributed by atoms with van der Waals surface area (Å²) in [5.74, 6) is -1.03. The summed E-state index contributed by atoms with van der Waals surface area (Å²) in [4.78, 5) is 10.2. The van der Waals surface area contributed by atoms with Crippen LogP contribution in [0.3, 0.4) is 0 Å². The Labute approximate surface area is 86.1 Å². The van der Waals surface area contributed by atoms with Gasteiger partial charge in [0.1, 0.15) is 0 Å². The average molecular weight is 214 g/mol. The highest BCUT2D eigenvalue weighted by Gasteiger charge is 2.15. The van der Waals surface area contributed by atoms with Gasteiger partial charge in [-0.2, -0.15) is 0 Å². The molecule has 0 saturated heterocycles. The van der Waals surface area contributed by atoms with Gasteiger partial charge in [-0.15, -0.1) is 11.8 Å². The number of hydrogen-bond donors (Lipinski definition) is 1. The standard InChI is InChI=1S/C10H11FO2S/c1-7-3-2-4-8(5-7)6-14-9(11)10(12)13/h2-5,9H,6H2,1H3,(H,12,13). The molecule has 0 aromatic heterocycles. The summed E-state index contributed by atoms with van der Waals surface area (Å²) in [6, 6.07) is 7.59. The molecule has 1 aromatic rings. The minimum absolute atomic E-state index is 0.384. The first-order chi connectivity index (χ1) is 6.59. The third-order valence-electron chi connectivity index (χ3n) is 1.67. The molecule has 1 atom stereocenters. The van der Waals surface area contributed by atoms with Crippen LogP contribution in [0.1, 0.15) is 11.1 Å². The summed E-state index contributed by atoms with van der Waals surface area (Å²) in [6.45, 7) is 1.94. The van der Waals surface area contributed by atoms with E-state index in [1.807, 2.05) is 31.2 Å². The van der Waals surface area contributed by atoms with E-state index in [0.29, 0.717) is 5.75 Å². The Kier molecular flexibility index (Phi) is 3.95. The predicted molar refractivity (Wildman–Crippen MR) is 55.0 cm³/mol. The molecule has 0 spiro atoms. The van der Waals surface area contributed by atoms with Gasteiger partial charge in [-0.25, -0.2) is 9.18 Å². The Morgan fingerprint density at radius 1 is 1.64 bits per heavy atom. The van der Waals surface area contributed by atoms with Crippen LogP contribution in [0.2, 0.25) is 0 Å².